The summed E-state index contributed by atoms with van der Waals surface area (Å²) in [5.41, 5.74) is 0.392. The van der Waals surface area contributed by atoms with Crippen LogP contribution in [-0.2, 0) is 9.53 Å². The molecule has 3 nitrogen and oxygen atoms in total. The van der Waals surface area contributed by atoms with E-state index in [2.05, 4.69) is 6.58 Å². The molecule has 0 saturated carbocycles. The maximum atomic E-state index is 11.1. The molecule has 0 aromatic rings. The van der Waals surface area contributed by atoms with Gasteiger partial charge in [-0.25, -0.2) is 4.79 Å². The van der Waals surface area contributed by atoms with E-state index in [4.69, 9.17) is 9.84 Å². The van der Waals surface area contributed by atoms with Gasteiger partial charge in [0.15, 0.2) is 0 Å². The van der Waals surface area contributed by atoms with Crippen molar-refractivity contribution in [1.29, 1.82) is 0 Å². The predicted octanol–water partition coefficient (Wildman–Crippen LogP) is 1.51. The Bertz CT molecular complexity index is 187. The first-order valence-corrected chi connectivity index (χ1v) is 4.50. The second-order valence-electron chi connectivity index (χ2n) is 3.29. The van der Waals surface area contributed by atoms with E-state index in [0.717, 1.165) is 0 Å². The largest absolute Gasteiger partial charge is 0.459 e. The Kier molecular flexibility index (Phi) is 5.39. The fourth-order valence-electron chi connectivity index (χ4n) is 0.958. The molecule has 0 radical (unpaired) electrons. The van der Waals surface area contributed by atoms with Crippen LogP contribution in [0.2, 0.25) is 0 Å². The minimum Gasteiger partial charge on any atom is -0.459 e. The average molecular weight is 186 g/mol. The summed E-state index contributed by atoms with van der Waals surface area (Å²) in [5, 5.41) is 8.87. The van der Waals surface area contributed by atoms with Gasteiger partial charge in [-0.05, 0) is 13.3 Å². The van der Waals surface area contributed by atoms with Crippen molar-refractivity contribution in [3.63, 3.8) is 0 Å². The quantitative estimate of drug-likeness (QED) is 0.523. The molecule has 76 valence electrons. The third-order valence-corrected chi connectivity index (χ3v) is 1.93. The van der Waals surface area contributed by atoms with Gasteiger partial charge in [0.1, 0.15) is 6.10 Å². The van der Waals surface area contributed by atoms with Crippen LogP contribution in [0, 0.1) is 5.92 Å². The van der Waals surface area contributed by atoms with E-state index >= 15 is 0 Å². The Morgan fingerprint density at radius 2 is 2.15 bits per heavy atom. The van der Waals surface area contributed by atoms with Crippen LogP contribution < -0.4 is 0 Å². The third kappa shape index (κ3) is 4.08. The van der Waals surface area contributed by atoms with Gasteiger partial charge in [-0.3, -0.25) is 0 Å². The zero-order valence-corrected chi connectivity index (χ0v) is 8.54. The number of ether oxygens (including phenoxy) is 1. The molecule has 0 aromatic heterocycles. The Morgan fingerprint density at radius 3 is 2.46 bits per heavy atom. The molecule has 2 unspecified atom stereocenters. The molecule has 0 bridgehead atoms. The van der Waals surface area contributed by atoms with Gasteiger partial charge in [0.05, 0.1) is 0 Å². The zero-order valence-electron chi connectivity index (χ0n) is 8.54. The summed E-state index contributed by atoms with van der Waals surface area (Å²) < 4.78 is 5.12. The van der Waals surface area contributed by atoms with Crippen molar-refractivity contribution in [3.05, 3.63) is 12.2 Å². The Balaban J connectivity index is 4.12. The van der Waals surface area contributed by atoms with Crippen LogP contribution in [0.15, 0.2) is 12.2 Å². The minimum atomic E-state index is -0.382. The van der Waals surface area contributed by atoms with Gasteiger partial charge in [-0.2, -0.15) is 0 Å². The maximum absolute atomic E-state index is 11.1. The number of carbonyl (C=O) groups excluding carboxylic acids is 1. The smallest absolute Gasteiger partial charge is 0.333 e. The molecule has 1 N–H and O–H groups in total. The van der Waals surface area contributed by atoms with Crippen molar-refractivity contribution in [1.82, 2.24) is 0 Å². The molecule has 13 heavy (non-hydrogen) atoms. The molecule has 0 spiro atoms. The molecular formula is C10H18O3. The molecule has 0 fully saturated rings. The summed E-state index contributed by atoms with van der Waals surface area (Å²) in [4.78, 5) is 11.1. The Labute approximate surface area is 79.4 Å². The fourth-order valence-corrected chi connectivity index (χ4v) is 0.958. The van der Waals surface area contributed by atoms with E-state index in [9.17, 15) is 4.79 Å². The number of hydrogen-bond acceptors (Lipinski definition) is 3. The molecule has 0 aliphatic heterocycles. The monoisotopic (exact) mass is 186 g/mol. The molecule has 3 heteroatoms. The highest BCUT2D eigenvalue weighted by Crippen LogP contribution is 2.12. The molecule has 0 heterocycles. The van der Waals surface area contributed by atoms with Gasteiger partial charge < -0.3 is 9.84 Å². The Hall–Kier alpha value is -0.830. The highest BCUT2D eigenvalue weighted by atomic mass is 16.5. The van der Waals surface area contributed by atoms with E-state index in [1.165, 1.54) is 0 Å². The predicted molar refractivity (Wildman–Crippen MR) is 51.2 cm³/mol. The van der Waals surface area contributed by atoms with Crippen LogP contribution in [0.4, 0.5) is 0 Å². The fraction of sp³-hybridized carbons (Fsp3) is 0.700. The van der Waals surface area contributed by atoms with Gasteiger partial charge in [0.25, 0.3) is 0 Å². The van der Waals surface area contributed by atoms with Crippen molar-refractivity contribution in [2.45, 2.75) is 33.3 Å². The lowest BCUT2D eigenvalue weighted by molar-refractivity contribution is -0.147. The number of esters is 1. The highest BCUT2D eigenvalue weighted by molar-refractivity contribution is 5.87. The molecule has 0 aliphatic carbocycles. The van der Waals surface area contributed by atoms with Gasteiger partial charge in [-0.1, -0.05) is 20.4 Å². The van der Waals surface area contributed by atoms with Crippen molar-refractivity contribution >= 4 is 5.97 Å². The van der Waals surface area contributed by atoms with Crippen molar-refractivity contribution in [3.8, 4) is 0 Å². The summed E-state index contributed by atoms with van der Waals surface area (Å²) in [6.07, 6.45) is 0.495. The number of rotatable bonds is 5. The van der Waals surface area contributed by atoms with E-state index in [1.807, 2.05) is 13.8 Å². The number of hydrogen-bond donors (Lipinski definition) is 1. The molecular weight excluding hydrogens is 168 g/mol. The minimum absolute atomic E-state index is 0.0201. The van der Waals surface area contributed by atoms with E-state index in [0.29, 0.717) is 12.0 Å². The van der Waals surface area contributed by atoms with Crippen LogP contribution in [0.3, 0.4) is 0 Å². The topological polar surface area (TPSA) is 46.5 Å². The van der Waals surface area contributed by atoms with E-state index in [-0.39, 0.29) is 24.6 Å². The molecule has 0 aromatic carbocycles. The first kappa shape index (κ1) is 12.2. The van der Waals surface area contributed by atoms with Gasteiger partial charge >= 0.3 is 5.97 Å². The lowest BCUT2D eigenvalue weighted by Crippen LogP contribution is -2.27. The van der Waals surface area contributed by atoms with Crippen LogP contribution in [0.1, 0.15) is 27.2 Å². The second-order valence-corrected chi connectivity index (χ2v) is 3.29. The molecule has 2 atom stereocenters. The summed E-state index contributed by atoms with van der Waals surface area (Å²) in [5.74, 6) is -0.402. The normalized spacial score (nSPS) is 14.8. The van der Waals surface area contributed by atoms with Crippen LogP contribution in [0.5, 0.6) is 0 Å². The zero-order chi connectivity index (χ0) is 10.4. The van der Waals surface area contributed by atoms with Crippen LogP contribution >= 0.6 is 0 Å². The van der Waals surface area contributed by atoms with Gasteiger partial charge in [0.2, 0.25) is 0 Å². The standard InChI is InChI=1S/C10H18O3/c1-5-9(8(4)6-11)13-10(12)7(2)3/h8-9,11H,2,5-6H2,1,3-4H3. The summed E-state index contributed by atoms with van der Waals surface area (Å²) in [6.45, 7) is 8.90. The first-order chi connectivity index (χ1) is 6.02. The van der Waals surface area contributed by atoms with Crippen molar-refractivity contribution in [2.24, 2.45) is 5.92 Å². The molecule has 0 saturated heterocycles. The molecule has 0 aliphatic rings. The lowest BCUT2D eigenvalue weighted by Gasteiger charge is -2.21. The molecule has 0 amide bonds. The van der Waals surface area contributed by atoms with Crippen molar-refractivity contribution < 1.29 is 14.6 Å². The van der Waals surface area contributed by atoms with Gasteiger partial charge in [0, 0.05) is 18.1 Å². The Morgan fingerprint density at radius 1 is 1.62 bits per heavy atom. The molecule has 0 rings (SSSR count). The van der Waals surface area contributed by atoms with E-state index < -0.39 is 0 Å². The number of aliphatic hydroxyl groups is 1. The summed E-state index contributed by atoms with van der Waals surface area (Å²) >= 11 is 0. The number of carbonyl (C=O) groups is 1. The lowest BCUT2D eigenvalue weighted by atomic mass is 10.0. The SMILES string of the molecule is C=C(C)C(=O)OC(CC)C(C)CO. The van der Waals surface area contributed by atoms with Gasteiger partial charge in [-0.15, -0.1) is 0 Å². The first-order valence-electron chi connectivity index (χ1n) is 4.50. The van der Waals surface area contributed by atoms with Crippen LogP contribution in [-0.4, -0.2) is 23.8 Å². The average Bonchev–Trinajstić information content (AvgIpc) is 2.12. The maximum Gasteiger partial charge on any atom is 0.333 e. The summed E-state index contributed by atoms with van der Waals surface area (Å²) in [6, 6.07) is 0. The highest BCUT2D eigenvalue weighted by Gasteiger charge is 2.19. The number of aliphatic hydroxyl groups excluding tert-OH is 1. The summed E-state index contributed by atoms with van der Waals surface area (Å²) in [7, 11) is 0. The van der Waals surface area contributed by atoms with Crippen LogP contribution in [0.25, 0.3) is 0 Å². The third-order valence-electron chi connectivity index (χ3n) is 1.93. The second kappa shape index (κ2) is 5.75. The van der Waals surface area contributed by atoms with Crippen molar-refractivity contribution in [2.75, 3.05) is 6.61 Å². The van der Waals surface area contributed by atoms with E-state index in [1.54, 1.807) is 6.92 Å².